The number of para-hydroxylation sites is 1. The van der Waals surface area contributed by atoms with Crippen LogP contribution < -0.4 is 10.1 Å². The van der Waals surface area contributed by atoms with Crippen LogP contribution in [0, 0.1) is 0 Å². The lowest BCUT2D eigenvalue weighted by Crippen LogP contribution is -2.17. The quantitative estimate of drug-likeness (QED) is 0.829. The Kier molecular flexibility index (Phi) is 4.92. The molecule has 0 spiro atoms. The minimum Gasteiger partial charge on any atom is -0.493 e. The molecule has 5 heteroatoms. The number of nitrogens with zero attached hydrogens (tertiary/aromatic N) is 2. The van der Waals surface area contributed by atoms with Crippen LogP contribution in [0.15, 0.2) is 34.7 Å². The first-order chi connectivity index (χ1) is 9.29. The molecule has 1 unspecified atom stereocenters. The van der Waals surface area contributed by atoms with E-state index in [1.807, 2.05) is 44.2 Å². The smallest absolute Gasteiger partial charge is 0.233 e. The Bertz CT molecular complexity index is 484. The largest absolute Gasteiger partial charge is 0.493 e. The lowest BCUT2D eigenvalue weighted by molar-refractivity contribution is 0.300. The molecule has 0 amide bonds. The summed E-state index contributed by atoms with van der Waals surface area (Å²) in [4.78, 5) is 0. The third kappa shape index (κ3) is 4.06. The molecule has 0 aliphatic rings. The molecule has 1 aromatic carbocycles. The lowest BCUT2D eigenvalue weighted by Gasteiger charge is -2.06. The van der Waals surface area contributed by atoms with E-state index < -0.39 is 0 Å². The van der Waals surface area contributed by atoms with Gasteiger partial charge in [0.2, 0.25) is 11.8 Å². The van der Waals surface area contributed by atoms with Gasteiger partial charge in [-0.2, -0.15) is 0 Å². The number of aromatic nitrogens is 2. The van der Waals surface area contributed by atoms with Crippen LogP contribution in [0.25, 0.3) is 0 Å². The van der Waals surface area contributed by atoms with Crippen LogP contribution in [0.5, 0.6) is 5.75 Å². The van der Waals surface area contributed by atoms with Crippen LogP contribution in [0.3, 0.4) is 0 Å². The summed E-state index contributed by atoms with van der Waals surface area (Å²) in [7, 11) is 0. The summed E-state index contributed by atoms with van der Waals surface area (Å²) in [6.07, 6.45) is 0.612. The molecule has 0 fully saturated rings. The van der Waals surface area contributed by atoms with Crippen molar-refractivity contribution >= 4 is 0 Å². The van der Waals surface area contributed by atoms with Crippen molar-refractivity contribution in [3.63, 3.8) is 0 Å². The molecule has 2 rings (SSSR count). The monoisotopic (exact) mass is 261 g/mol. The average Bonchev–Trinajstić information content (AvgIpc) is 2.89. The summed E-state index contributed by atoms with van der Waals surface area (Å²) in [5, 5.41) is 11.3. The van der Waals surface area contributed by atoms with Gasteiger partial charge >= 0.3 is 0 Å². The van der Waals surface area contributed by atoms with Crippen molar-refractivity contribution in [3.8, 4) is 5.75 Å². The van der Waals surface area contributed by atoms with Crippen LogP contribution >= 0.6 is 0 Å². The van der Waals surface area contributed by atoms with Gasteiger partial charge in [-0.1, -0.05) is 25.1 Å². The summed E-state index contributed by atoms with van der Waals surface area (Å²) in [6.45, 7) is 5.44. The number of nitrogens with one attached hydrogen (secondary N) is 1. The number of ether oxygens (including phenoxy) is 1. The van der Waals surface area contributed by atoms with Crippen LogP contribution in [0.4, 0.5) is 0 Å². The van der Waals surface area contributed by atoms with Gasteiger partial charge < -0.3 is 14.5 Å². The Balaban J connectivity index is 1.80. The normalized spacial score (nSPS) is 12.3. The summed E-state index contributed by atoms with van der Waals surface area (Å²) < 4.78 is 11.2. The number of hydrogen-bond donors (Lipinski definition) is 1. The number of rotatable bonds is 7. The summed E-state index contributed by atoms with van der Waals surface area (Å²) >= 11 is 0. The molecule has 0 aliphatic carbocycles. The van der Waals surface area contributed by atoms with Crippen molar-refractivity contribution in [1.82, 2.24) is 15.5 Å². The van der Waals surface area contributed by atoms with Crippen molar-refractivity contribution in [1.29, 1.82) is 0 Å². The molecule has 0 aliphatic heterocycles. The van der Waals surface area contributed by atoms with Crippen molar-refractivity contribution in [3.05, 3.63) is 42.1 Å². The first-order valence-electron chi connectivity index (χ1n) is 6.53. The highest BCUT2D eigenvalue weighted by molar-refractivity contribution is 5.20. The molecule has 19 heavy (non-hydrogen) atoms. The molecule has 1 aromatic heterocycles. The van der Waals surface area contributed by atoms with E-state index in [1.165, 1.54) is 0 Å². The molecule has 0 radical (unpaired) electrons. The van der Waals surface area contributed by atoms with Gasteiger partial charge in [0, 0.05) is 0 Å². The fraction of sp³-hybridized carbons (Fsp3) is 0.429. The second-order valence-electron chi connectivity index (χ2n) is 4.22. The Labute approximate surface area is 113 Å². The predicted molar refractivity (Wildman–Crippen MR) is 72.0 cm³/mol. The second kappa shape index (κ2) is 6.89. The fourth-order valence-electron chi connectivity index (χ4n) is 1.71. The molecular formula is C14H19N3O2. The minimum absolute atomic E-state index is 0.0845. The third-order valence-electron chi connectivity index (χ3n) is 2.69. The second-order valence-corrected chi connectivity index (χ2v) is 4.22. The highest BCUT2D eigenvalue weighted by Crippen LogP contribution is 2.12. The first-order valence-corrected chi connectivity index (χ1v) is 6.53. The maximum absolute atomic E-state index is 5.58. The molecule has 102 valence electrons. The maximum atomic E-state index is 5.58. The van der Waals surface area contributed by atoms with E-state index in [9.17, 15) is 0 Å². The molecule has 5 nitrogen and oxygen atoms in total. The van der Waals surface area contributed by atoms with E-state index in [2.05, 4.69) is 15.5 Å². The van der Waals surface area contributed by atoms with Gasteiger partial charge in [0.05, 0.1) is 19.1 Å². The minimum atomic E-state index is 0.0845. The summed E-state index contributed by atoms with van der Waals surface area (Å²) in [5.74, 6) is 2.08. The maximum Gasteiger partial charge on any atom is 0.233 e. The fourth-order valence-corrected chi connectivity index (χ4v) is 1.71. The zero-order chi connectivity index (χ0) is 13.5. The molecule has 1 N–H and O–H groups in total. The van der Waals surface area contributed by atoms with E-state index in [0.717, 1.165) is 12.3 Å². The van der Waals surface area contributed by atoms with Crippen molar-refractivity contribution in [2.75, 3.05) is 13.2 Å². The first kappa shape index (κ1) is 13.5. The zero-order valence-electron chi connectivity index (χ0n) is 11.3. The van der Waals surface area contributed by atoms with Gasteiger partial charge in [-0.05, 0) is 25.6 Å². The van der Waals surface area contributed by atoms with Crippen LogP contribution in [0.1, 0.15) is 31.7 Å². The molecule has 1 atom stereocenters. The van der Waals surface area contributed by atoms with Gasteiger partial charge in [0.15, 0.2) is 0 Å². The molecule has 0 saturated carbocycles. The average molecular weight is 261 g/mol. The number of benzene rings is 1. The highest BCUT2D eigenvalue weighted by Gasteiger charge is 2.12. The van der Waals surface area contributed by atoms with E-state index in [4.69, 9.17) is 9.15 Å². The van der Waals surface area contributed by atoms with E-state index in [1.54, 1.807) is 0 Å². The number of hydrogen-bond acceptors (Lipinski definition) is 5. The van der Waals surface area contributed by atoms with Gasteiger partial charge in [0.1, 0.15) is 5.75 Å². The predicted octanol–water partition coefficient (Wildman–Crippen LogP) is 2.36. The van der Waals surface area contributed by atoms with Crippen LogP contribution in [-0.2, 0) is 6.42 Å². The van der Waals surface area contributed by atoms with Gasteiger partial charge in [-0.15, -0.1) is 10.2 Å². The Morgan fingerprint density at radius 3 is 2.79 bits per heavy atom. The topological polar surface area (TPSA) is 60.2 Å². The summed E-state index contributed by atoms with van der Waals surface area (Å²) in [6, 6.07) is 9.77. The van der Waals surface area contributed by atoms with Crippen LogP contribution in [0.2, 0.25) is 0 Å². The van der Waals surface area contributed by atoms with Gasteiger partial charge in [0.25, 0.3) is 0 Å². The van der Waals surface area contributed by atoms with E-state index >= 15 is 0 Å². The summed E-state index contributed by atoms with van der Waals surface area (Å²) in [5.41, 5.74) is 0. The molecule has 0 saturated heterocycles. The van der Waals surface area contributed by atoms with Gasteiger partial charge in [-0.25, -0.2) is 0 Å². The Morgan fingerprint density at radius 1 is 1.26 bits per heavy atom. The van der Waals surface area contributed by atoms with Crippen molar-refractivity contribution in [2.24, 2.45) is 0 Å². The van der Waals surface area contributed by atoms with Crippen LogP contribution in [-0.4, -0.2) is 23.3 Å². The highest BCUT2D eigenvalue weighted by atomic mass is 16.5. The Hall–Kier alpha value is -1.88. The van der Waals surface area contributed by atoms with Crippen molar-refractivity contribution in [2.45, 2.75) is 26.3 Å². The van der Waals surface area contributed by atoms with Crippen molar-refractivity contribution < 1.29 is 9.15 Å². The van der Waals surface area contributed by atoms with Gasteiger partial charge in [-0.3, -0.25) is 0 Å². The molecule has 0 bridgehead atoms. The standard InChI is InChI=1S/C14H19N3O2/c1-3-15-11(2)14-17-16-13(19-14)9-10-18-12-7-5-4-6-8-12/h4-8,11,15H,3,9-10H2,1-2H3. The SMILES string of the molecule is CCNC(C)c1nnc(CCOc2ccccc2)o1. The van der Waals surface area contributed by atoms with E-state index in [0.29, 0.717) is 24.8 Å². The zero-order valence-corrected chi connectivity index (χ0v) is 11.3. The molecule has 2 aromatic rings. The molecular weight excluding hydrogens is 242 g/mol. The van der Waals surface area contributed by atoms with E-state index in [-0.39, 0.29) is 6.04 Å². The lowest BCUT2D eigenvalue weighted by atomic mass is 10.3. The third-order valence-corrected chi connectivity index (χ3v) is 2.69. The Morgan fingerprint density at radius 2 is 2.05 bits per heavy atom. The molecule has 1 heterocycles.